The molecule has 4 aliphatic carbocycles. The number of fused-ring (bicyclic) bond motifs is 1. The summed E-state index contributed by atoms with van der Waals surface area (Å²) in [7, 11) is 0. The van der Waals surface area contributed by atoms with Gasteiger partial charge in [0.25, 0.3) is 0 Å². The number of aromatic nitrogens is 1. The van der Waals surface area contributed by atoms with Crippen molar-refractivity contribution in [1.82, 2.24) is 0 Å². The molecule has 0 aliphatic heterocycles. The molecule has 0 spiro atoms. The maximum Gasteiger partial charge on any atom is 0.378 e. The number of nitrogens with zero attached hydrogens (tertiary/aromatic N) is 1. The highest BCUT2D eigenvalue weighted by Crippen LogP contribution is 2.60. The summed E-state index contributed by atoms with van der Waals surface area (Å²) >= 11 is 0. The fourth-order valence-corrected chi connectivity index (χ4v) is 5.56. The van der Waals surface area contributed by atoms with Crippen LogP contribution in [-0.4, -0.2) is 0 Å². The zero-order valence-electron chi connectivity index (χ0n) is 11.6. The van der Waals surface area contributed by atoms with E-state index in [0.717, 1.165) is 23.5 Å². The number of oxazole rings is 1. The van der Waals surface area contributed by atoms with Crippen LogP contribution in [0.4, 0.5) is 0 Å². The second kappa shape index (κ2) is 4.33. The molecule has 0 N–H and O–H groups in total. The summed E-state index contributed by atoms with van der Waals surface area (Å²) in [5, 5.41) is 0. The fraction of sp³-hybridized carbons (Fsp3) is 0.588. The van der Waals surface area contributed by atoms with Gasteiger partial charge in [-0.2, -0.15) is 0 Å². The minimum Gasteiger partial charge on any atom is -1.00 e. The van der Waals surface area contributed by atoms with Crippen molar-refractivity contribution in [1.29, 1.82) is 0 Å². The van der Waals surface area contributed by atoms with Crippen molar-refractivity contribution in [2.45, 2.75) is 43.9 Å². The van der Waals surface area contributed by atoms with Crippen molar-refractivity contribution >= 4 is 5.71 Å². The van der Waals surface area contributed by atoms with Crippen LogP contribution >= 0.6 is 0 Å². The molecule has 4 aliphatic rings. The molecule has 4 bridgehead atoms. The van der Waals surface area contributed by atoms with Crippen LogP contribution in [-0.2, 0) is 5.41 Å². The summed E-state index contributed by atoms with van der Waals surface area (Å²) in [6.07, 6.45) is 13.0. The van der Waals surface area contributed by atoms with Crippen LogP contribution in [0.25, 0.3) is 5.71 Å². The van der Waals surface area contributed by atoms with Gasteiger partial charge in [0.05, 0.1) is 6.07 Å². The number of rotatable bonds is 1. The molecule has 0 unspecified atom stereocenters. The lowest BCUT2D eigenvalue weighted by atomic mass is 9.49. The van der Waals surface area contributed by atoms with Crippen molar-refractivity contribution in [2.24, 2.45) is 17.8 Å². The van der Waals surface area contributed by atoms with Gasteiger partial charge in [-0.05, 0) is 62.3 Å². The van der Waals surface area contributed by atoms with Crippen molar-refractivity contribution < 1.29 is 25.8 Å². The van der Waals surface area contributed by atoms with Gasteiger partial charge < -0.3 is 21.4 Å². The molecule has 0 saturated heterocycles. The molecule has 2 aromatic heterocycles. The Hall–Kier alpha value is -0.830. The third kappa shape index (κ3) is 1.71. The van der Waals surface area contributed by atoms with E-state index >= 15 is 0 Å². The highest BCUT2D eigenvalue weighted by molar-refractivity contribution is 5.27. The minimum absolute atomic E-state index is 0. The largest absolute Gasteiger partial charge is 1.00 e. The Kier molecular flexibility index (Phi) is 2.79. The predicted octanol–water partition coefficient (Wildman–Crippen LogP) is 0.490. The summed E-state index contributed by atoms with van der Waals surface area (Å²) in [5.41, 5.74) is 1.37. The first kappa shape index (κ1) is 12.9. The predicted molar refractivity (Wildman–Crippen MR) is 71.7 cm³/mol. The first-order valence-electron chi connectivity index (χ1n) is 7.71. The van der Waals surface area contributed by atoms with Crippen LogP contribution in [0, 0.1) is 17.8 Å². The van der Waals surface area contributed by atoms with Gasteiger partial charge in [-0.1, -0.05) is 0 Å². The SMILES string of the molecule is [Br-].c1cc[n+]2cc(C34CC5CC(CC(C5)C3)C4)oc2c1. The molecule has 3 heteroatoms. The molecule has 106 valence electrons. The average molecular weight is 334 g/mol. The van der Waals surface area contributed by atoms with Crippen LogP contribution in [0.5, 0.6) is 0 Å². The second-order valence-corrected chi connectivity index (χ2v) is 7.24. The molecule has 2 nitrogen and oxygen atoms in total. The first-order chi connectivity index (χ1) is 9.31. The quantitative estimate of drug-likeness (QED) is 0.694. The van der Waals surface area contributed by atoms with E-state index in [9.17, 15) is 0 Å². The molecule has 0 aromatic carbocycles. The molecular weight excluding hydrogens is 314 g/mol. The van der Waals surface area contributed by atoms with Crippen LogP contribution in [0.2, 0.25) is 0 Å². The van der Waals surface area contributed by atoms with Crippen molar-refractivity contribution in [3.05, 3.63) is 36.4 Å². The van der Waals surface area contributed by atoms with E-state index in [-0.39, 0.29) is 17.0 Å². The molecule has 20 heavy (non-hydrogen) atoms. The van der Waals surface area contributed by atoms with E-state index in [2.05, 4.69) is 35.0 Å². The third-order valence-corrected chi connectivity index (χ3v) is 5.88. The van der Waals surface area contributed by atoms with Gasteiger partial charge in [0.1, 0.15) is 0 Å². The Morgan fingerprint density at radius 2 is 1.65 bits per heavy atom. The van der Waals surface area contributed by atoms with Crippen LogP contribution in [0.1, 0.15) is 44.3 Å². The van der Waals surface area contributed by atoms with E-state index in [1.54, 1.807) is 0 Å². The molecule has 0 atom stereocenters. The summed E-state index contributed by atoms with van der Waals surface area (Å²) in [6, 6.07) is 6.21. The minimum atomic E-state index is 0. The van der Waals surface area contributed by atoms with E-state index in [4.69, 9.17) is 4.42 Å². The van der Waals surface area contributed by atoms with E-state index < -0.39 is 0 Å². The maximum absolute atomic E-state index is 6.22. The molecule has 2 heterocycles. The smallest absolute Gasteiger partial charge is 0.378 e. The van der Waals surface area contributed by atoms with Gasteiger partial charge in [-0.15, -0.1) is 4.40 Å². The first-order valence-corrected chi connectivity index (χ1v) is 7.71. The number of halogens is 1. The number of hydrogen-bond donors (Lipinski definition) is 0. The molecule has 0 radical (unpaired) electrons. The fourth-order valence-electron chi connectivity index (χ4n) is 5.56. The topological polar surface area (TPSA) is 17.2 Å². The normalized spacial score (nSPS) is 38.1. The van der Waals surface area contributed by atoms with Crippen LogP contribution < -0.4 is 21.4 Å². The molecule has 2 aromatic rings. The Labute approximate surface area is 129 Å². The monoisotopic (exact) mass is 333 g/mol. The Bertz CT molecular complexity index is 579. The molecule has 4 saturated carbocycles. The Morgan fingerprint density at radius 3 is 2.25 bits per heavy atom. The van der Waals surface area contributed by atoms with Gasteiger partial charge in [-0.25, -0.2) is 0 Å². The summed E-state index contributed by atoms with van der Waals surface area (Å²) < 4.78 is 8.36. The Morgan fingerprint density at radius 1 is 1.00 bits per heavy atom. The second-order valence-electron chi connectivity index (χ2n) is 7.24. The number of hydrogen-bond acceptors (Lipinski definition) is 1. The van der Waals surface area contributed by atoms with Crippen LogP contribution in [0.15, 0.2) is 35.0 Å². The summed E-state index contributed by atoms with van der Waals surface area (Å²) in [4.78, 5) is 0. The van der Waals surface area contributed by atoms with Crippen molar-refractivity contribution in [3.63, 3.8) is 0 Å². The molecular formula is C17H20BrNO. The highest BCUT2D eigenvalue weighted by Gasteiger charge is 2.54. The summed E-state index contributed by atoms with van der Waals surface area (Å²) in [6.45, 7) is 0. The van der Waals surface area contributed by atoms with Gasteiger partial charge in [0, 0.05) is 11.5 Å². The Balaban J connectivity index is 0.00000106. The lowest BCUT2D eigenvalue weighted by Crippen LogP contribution is -3.00. The molecule has 0 amide bonds. The van der Waals surface area contributed by atoms with Gasteiger partial charge in [0.15, 0.2) is 12.0 Å². The molecule has 4 fully saturated rings. The maximum atomic E-state index is 6.22. The zero-order valence-corrected chi connectivity index (χ0v) is 13.2. The van der Waals surface area contributed by atoms with Gasteiger partial charge >= 0.3 is 5.71 Å². The van der Waals surface area contributed by atoms with Gasteiger partial charge in [-0.3, -0.25) is 0 Å². The highest BCUT2D eigenvalue weighted by atomic mass is 79.9. The van der Waals surface area contributed by atoms with Crippen LogP contribution in [0.3, 0.4) is 0 Å². The zero-order chi connectivity index (χ0) is 12.4. The molecule has 6 rings (SSSR count). The van der Waals surface area contributed by atoms with E-state index in [1.165, 1.54) is 44.3 Å². The third-order valence-electron chi connectivity index (χ3n) is 5.88. The lowest BCUT2D eigenvalue weighted by molar-refractivity contribution is -0.513. The lowest BCUT2D eigenvalue weighted by Gasteiger charge is -2.55. The number of pyridine rings is 1. The van der Waals surface area contributed by atoms with Crippen molar-refractivity contribution in [2.75, 3.05) is 0 Å². The van der Waals surface area contributed by atoms with E-state index in [1.807, 2.05) is 0 Å². The van der Waals surface area contributed by atoms with Gasteiger partial charge in [0.2, 0.25) is 6.20 Å². The average Bonchev–Trinajstić information content (AvgIpc) is 2.81. The van der Waals surface area contributed by atoms with E-state index in [0.29, 0.717) is 5.41 Å². The summed E-state index contributed by atoms with van der Waals surface area (Å²) in [5.74, 6) is 4.19. The van der Waals surface area contributed by atoms with Crippen molar-refractivity contribution in [3.8, 4) is 0 Å². The standard InChI is InChI=1S/C17H20NO.BrH/c1-2-4-18-11-15(19-16(18)3-1)17-8-12-5-13(9-17)7-14(6-12)10-17;/h1-4,11-14H,5-10H2;1H/q+1;/p-1.